The summed E-state index contributed by atoms with van der Waals surface area (Å²) in [5, 5.41) is 0. The molecule has 0 bridgehead atoms. The van der Waals surface area contributed by atoms with Gasteiger partial charge in [-0.25, -0.2) is 0 Å². The number of likely N-dealkylation sites (tertiary alicyclic amines) is 1. The lowest BCUT2D eigenvalue weighted by Crippen LogP contribution is -2.42. The smallest absolute Gasteiger partial charge is 0.00952 e. The zero-order valence-electron chi connectivity index (χ0n) is 12.2. The van der Waals surface area contributed by atoms with Gasteiger partial charge in [-0.15, -0.1) is 0 Å². The van der Waals surface area contributed by atoms with Crippen LogP contribution in [-0.2, 0) is 0 Å². The first kappa shape index (κ1) is 13.4. The summed E-state index contributed by atoms with van der Waals surface area (Å²) in [6.07, 6.45) is 11.7. The van der Waals surface area contributed by atoms with Gasteiger partial charge in [-0.05, 0) is 56.5 Å². The Morgan fingerprint density at radius 2 is 1.47 bits per heavy atom. The van der Waals surface area contributed by atoms with Crippen LogP contribution in [0.4, 0.5) is 0 Å². The van der Waals surface area contributed by atoms with Gasteiger partial charge in [-0.1, -0.05) is 40.0 Å². The van der Waals surface area contributed by atoms with Gasteiger partial charge in [0.25, 0.3) is 0 Å². The Hall–Kier alpha value is -0.0400. The number of hydrogen-bond donors (Lipinski definition) is 0. The largest absolute Gasteiger partial charge is 0.300 e. The van der Waals surface area contributed by atoms with Crippen molar-refractivity contribution in [2.45, 2.75) is 78.2 Å². The predicted octanol–water partition coefficient (Wildman–Crippen LogP) is 4.47. The van der Waals surface area contributed by atoms with Crippen LogP contribution in [0.3, 0.4) is 0 Å². The average molecular weight is 237 g/mol. The molecule has 1 aliphatic carbocycles. The first-order chi connectivity index (χ1) is 8.04. The summed E-state index contributed by atoms with van der Waals surface area (Å²) in [5.74, 6) is 0.995. The van der Waals surface area contributed by atoms with E-state index in [1.54, 1.807) is 0 Å². The van der Waals surface area contributed by atoms with E-state index in [0.717, 1.165) is 12.0 Å². The number of hydrogen-bond acceptors (Lipinski definition) is 1. The summed E-state index contributed by atoms with van der Waals surface area (Å²) in [7, 11) is 0. The molecule has 1 saturated heterocycles. The molecule has 0 atom stereocenters. The van der Waals surface area contributed by atoms with Gasteiger partial charge in [-0.2, -0.15) is 0 Å². The van der Waals surface area contributed by atoms with Crippen LogP contribution in [0, 0.1) is 11.3 Å². The number of piperidine rings is 1. The zero-order chi connectivity index (χ0) is 12.3. The maximum atomic E-state index is 2.80. The lowest BCUT2D eigenvalue weighted by molar-refractivity contribution is 0.0931. The van der Waals surface area contributed by atoms with Crippen LogP contribution in [-0.4, -0.2) is 24.0 Å². The molecular weight excluding hydrogens is 206 g/mol. The summed E-state index contributed by atoms with van der Waals surface area (Å²) in [6, 6.07) is 0.944. The third-order valence-corrected chi connectivity index (χ3v) is 4.64. The Morgan fingerprint density at radius 3 is 2.00 bits per heavy atom. The Kier molecular flexibility index (Phi) is 4.52. The van der Waals surface area contributed by atoms with E-state index in [9.17, 15) is 0 Å². The standard InChI is InChI=1S/C16H31N/c1-16(2,3)13-14-9-11-17(12-10-14)15-7-5-4-6-8-15/h14-15H,4-13H2,1-3H3. The molecule has 1 nitrogen and oxygen atoms in total. The van der Waals surface area contributed by atoms with E-state index in [1.807, 2.05) is 0 Å². The normalized spacial score (nSPS) is 26.3. The van der Waals surface area contributed by atoms with Crippen LogP contribution in [0.2, 0.25) is 0 Å². The van der Waals surface area contributed by atoms with Crippen molar-refractivity contribution in [3.63, 3.8) is 0 Å². The Morgan fingerprint density at radius 1 is 0.882 bits per heavy atom. The highest BCUT2D eigenvalue weighted by Crippen LogP contribution is 2.33. The van der Waals surface area contributed by atoms with E-state index < -0.39 is 0 Å². The van der Waals surface area contributed by atoms with Crippen LogP contribution >= 0.6 is 0 Å². The molecule has 1 heterocycles. The second-order valence-electron chi connectivity index (χ2n) is 7.54. The average Bonchev–Trinajstić information content (AvgIpc) is 2.29. The lowest BCUT2D eigenvalue weighted by atomic mass is 9.80. The van der Waals surface area contributed by atoms with E-state index in [-0.39, 0.29) is 0 Å². The lowest BCUT2D eigenvalue weighted by Gasteiger charge is -2.40. The molecule has 0 radical (unpaired) electrons. The first-order valence-electron chi connectivity index (χ1n) is 7.79. The van der Waals surface area contributed by atoms with Gasteiger partial charge in [0.05, 0.1) is 0 Å². The SMILES string of the molecule is CC(C)(C)CC1CCN(C2CCCCC2)CC1. The number of nitrogens with zero attached hydrogens (tertiary/aromatic N) is 1. The monoisotopic (exact) mass is 237 g/mol. The summed E-state index contributed by atoms with van der Waals surface area (Å²) >= 11 is 0. The molecule has 0 aromatic rings. The van der Waals surface area contributed by atoms with Crippen LogP contribution in [0.25, 0.3) is 0 Å². The summed E-state index contributed by atoms with van der Waals surface area (Å²) in [5.41, 5.74) is 0.525. The van der Waals surface area contributed by atoms with Crippen molar-refractivity contribution in [3.8, 4) is 0 Å². The molecule has 17 heavy (non-hydrogen) atoms. The predicted molar refractivity (Wildman–Crippen MR) is 75.2 cm³/mol. The van der Waals surface area contributed by atoms with Crippen molar-refractivity contribution < 1.29 is 0 Å². The Labute approximate surface area is 108 Å². The molecule has 0 spiro atoms. The van der Waals surface area contributed by atoms with Crippen molar-refractivity contribution in [1.82, 2.24) is 4.90 Å². The summed E-state index contributed by atoms with van der Waals surface area (Å²) < 4.78 is 0. The zero-order valence-corrected chi connectivity index (χ0v) is 12.2. The molecule has 0 N–H and O–H groups in total. The van der Waals surface area contributed by atoms with Gasteiger partial charge >= 0.3 is 0 Å². The number of rotatable bonds is 2. The van der Waals surface area contributed by atoms with Gasteiger partial charge in [0.1, 0.15) is 0 Å². The Balaban J connectivity index is 1.73. The molecular formula is C16H31N. The second-order valence-corrected chi connectivity index (χ2v) is 7.54. The van der Waals surface area contributed by atoms with Crippen LogP contribution in [0.1, 0.15) is 72.1 Å². The fourth-order valence-electron chi connectivity index (χ4n) is 3.83. The molecule has 1 saturated carbocycles. The van der Waals surface area contributed by atoms with Crippen LogP contribution < -0.4 is 0 Å². The molecule has 100 valence electrons. The van der Waals surface area contributed by atoms with E-state index in [1.165, 1.54) is 64.5 Å². The summed E-state index contributed by atoms with van der Waals surface area (Å²) in [4.78, 5) is 2.80. The van der Waals surface area contributed by atoms with Crippen molar-refractivity contribution in [1.29, 1.82) is 0 Å². The highest BCUT2D eigenvalue weighted by molar-refractivity contribution is 4.82. The molecule has 1 heteroatoms. The quantitative estimate of drug-likeness (QED) is 0.685. The van der Waals surface area contributed by atoms with Crippen molar-refractivity contribution in [2.75, 3.05) is 13.1 Å². The van der Waals surface area contributed by atoms with E-state index in [4.69, 9.17) is 0 Å². The molecule has 0 amide bonds. The molecule has 0 unspecified atom stereocenters. The van der Waals surface area contributed by atoms with Crippen LogP contribution in [0.15, 0.2) is 0 Å². The maximum absolute atomic E-state index is 2.80. The Bertz CT molecular complexity index is 214. The van der Waals surface area contributed by atoms with Crippen molar-refractivity contribution in [2.24, 2.45) is 11.3 Å². The fourth-order valence-corrected chi connectivity index (χ4v) is 3.83. The molecule has 1 aliphatic heterocycles. The topological polar surface area (TPSA) is 3.24 Å². The first-order valence-corrected chi connectivity index (χ1v) is 7.79. The second kappa shape index (κ2) is 5.73. The molecule has 0 aromatic heterocycles. The highest BCUT2D eigenvalue weighted by atomic mass is 15.2. The minimum Gasteiger partial charge on any atom is -0.300 e. The van der Waals surface area contributed by atoms with Gasteiger partial charge in [0.15, 0.2) is 0 Å². The molecule has 2 aliphatic rings. The van der Waals surface area contributed by atoms with Crippen molar-refractivity contribution >= 4 is 0 Å². The van der Waals surface area contributed by atoms with Crippen molar-refractivity contribution in [3.05, 3.63) is 0 Å². The molecule has 0 aromatic carbocycles. The van der Waals surface area contributed by atoms with Gasteiger partial charge in [0, 0.05) is 6.04 Å². The van der Waals surface area contributed by atoms with E-state index in [0.29, 0.717) is 5.41 Å². The van der Waals surface area contributed by atoms with E-state index >= 15 is 0 Å². The highest BCUT2D eigenvalue weighted by Gasteiger charge is 2.27. The molecule has 2 rings (SSSR count). The fraction of sp³-hybridized carbons (Fsp3) is 1.00. The van der Waals surface area contributed by atoms with Gasteiger partial charge in [-0.3, -0.25) is 0 Å². The van der Waals surface area contributed by atoms with E-state index in [2.05, 4.69) is 25.7 Å². The summed E-state index contributed by atoms with van der Waals surface area (Å²) in [6.45, 7) is 9.93. The van der Waals surface area contributed by atoms with Gasteiger partial charge in [0.2, 0.25) is 0 Å². The molecule has 2 fully saturated rings. The third-order valence-electron chi connectivity index (χ3n) is 4.64. The third kappa shape index (κ3) is 4.28. The van der Waals surface area contributed by atoms with Gasteiger partial charge < -0.3 is 4.90 Å². The minimum absolute atomic E-state index is 0.525. The minimum atomic E-state index is 0.525. The van der Waals surface area contributed by atoms with Crippen LogP contribution in [0.5, 0.6) is 0 Å². The maximum Gasteiger partial charge on any atom is 0.00952 e.